The van der Waals surface area contributed by atoms with E-state index in [1.54, 1.807) is 0 Å². The molecule has 1 saturated carbocycles. The molecule has 1 aromatic heterocycles. The van der Waals surface area contributed by atoms with E-state index in [1.807, 2.05) is 31.2 Å². The van der Waals surface area contributed by atoms with Crippen LogP contribution in [0.1, 0.15) is 18.4 Å². The van der Waals surface area contributed by atoms with Gasteiger partial charge in [-0.3, -0.25) is 0 Å². The molecule has 5 nitrogen and oxygen atoms in total. The van der Waals surface area contributed by atoms with E-state index in [0.29, 0.717) is 5.56 Å². The first-order chi connectivity index (χ1) is 12.4. The average Bonchev–Trinajstić information content (AvgIpc) is 3.32. The number of nitrogens with one attached hydrogen (secondary N) is 1. The Kier molecular flexibility index (Phi) is 4.03. The third-order valence-electron chi connectivity index (χ3n) is 4.19. The minimum absolute atomic E-state index is 0.0264. The molecule has 1 fully saturated rings. The first kappa shape index (κ1) is 16.8. The minimum Gasteiger partial charge on any atom is -0.419 e. The highest BCUT2D eigenvalue weighted by Crippen LogP contribution is 2.35. The number of oxazole rings is 1. The van der Waals surface area contributed by atoms with Crippen LogP contribution in [-0.4, -0.2) is 19.4 Å². The normalized spacial score (nSPS) is 14.4. The van der Waals surface area contributed by atoms with Gasteiger partial charge in [0.15, 0.2) is 0 Å². The van der Waals surface area contributed by atoms with Crippen LogP contribution in [0.3, 0.4) is 0 Å². The third-order valence-corrected chi connectivity index (χ3v) is 5.86. The predicted octanol–water partition coefficient (Wildman–Crippen LogP) is 4.20. The molecule has 0 unspecified atom stereocenters. The lowest BCUT2D eigenvalue weighted by molar-refractivity contribution is 0.576. The van der Waals surface area contributed by atoms with Crippen molar-refractivity contribution in [1.29, 1.82) is 0 Å². The van der Waals surface area contributed by atoms with Crippen molar-refractivity contribution in [2.45, 2.75) is 35.7 Å². The van der Waals surface area contributed by atoms with Gasteiger partial charge in [0.25, 0.3) is 0 Å². The lowest BCUT2D eigenvalue weighted by Gasteiger charge is -2.04. The Labute approximate surface area is 150 Å². The van der Waals surface area contributed by atoms with E-state index in [9.17, 15) is 12.8 Å². The quantitative estimate of drug-likeness (QED) is 0.680. The van der Waals surface area contributed by atoms with Gasteiger partial charge in [0, 0.05) is 11.6 Å². The van der Waals surface area contributed by atoms with Gasteiger partial charge in [-0.2, -0.15) is 4.98 Å². The molecule has 3 aromatic rings. The Balaban J connectivity index is 1.80. The molecule has 0 spiro atoms. The van der Waals surface area contributed by atoms with Crippen LogP contribution < -0.4 is 5.32 Å². The zero-order chi connectivity index (χ0) is 18.3. The molecule has 0 saturated heterocycles. The van der Waals surface area contributed by atoms with Gasteiger partial charge in [-0.05, 0) is 56.2 Å². The van der Waals surface area contributed by atoms with Crippen LogP contribution in [0, 0.1) is 12.7 Å². The van der Waals surface area contributed by atoms with E-state index >= 15 is 0 Å². The van der Waals surface area contributed by atoms with E-state index in [2.05, 4.69) is 10.3 Å². The summed E-state index contributed by atoms with van der Waals surface area (Å²) >= 11 is 0. The van der Waals surface area contributed by atoms with Crippen molar-refractivity contribution in [2.24, 2.45) is 0 Å². The highest BCUT2D eigenvalue weighted by atomic mass is 32.2. The van der Waals surface area contributed by atoms with Crippen molar-refractivity contribution < 1.29 is 17.2 Å². The molecule has 0 radical (unpaired) electrons. The summed E-state index contributed by atoms with van der Waals surface area (Å²) in [7, 11) is -3.93. The van der Waals surface area contributed by atoms with Crippen molar-refractivity contribution in [1.82, 2.24) is 4.98 Å². The molecular formula is C19H17FN2O3S. The van der Waals surface area contributed by atoms with Crippen LogP contribution in [-0.2, 0) is 9.84 Å². The Morgan fingerprint density at radius 3 is 2.35 bits per heavy atom. The molecule has 1 aliphatic carbocycles. The summed E-state index contributed by atoms with van der Waals surface area (Å²) < 4.78 is 44.9. The van der Waals surface area contributed by atoms with E-state index in [1.165, 1.54) is 12.1 Å². The lowest BCUT2D eigenvalue weighted by Crippen LogP contribution is -2.08. The Morgan fingerprint density at radius 2 is 1.73 bits per heavy atom. The fraction of sp³-hybridized carbons (Fsp3) is 0.211. The molecule has 1 heterocycles. The van der Waals surface area contributed by atoms with Gasteiger partial charge in [0.2, 0.25) is 26.6 Å². The molecule has 0 atom stereocenters. The molecule has 1 aliphatic rings. The zero-order valence-corrected chi connectivity index (χ0v) is 14.9. The Bertz CT molecular complexity index is 1040. The van der Waals surface area contributed by atoms with Gasteiger partial charge in [0.05, 0.1) is 4.90 Å². The second kappa shape index (κ2) is 6.25. The fourth-order valence-corrected chi connectivity index (χ4v) is 3.80. The predicted molar refractivity (Wildman–Crippen MR) is 95.2 cm³/mol. The SMILES string of the molecule is Cc1ccc(-c2nc(S(=O)(=O)c3ccc(F)cc3)c(NC3CC3)o2)cc1. The van der Waals surface area contributed by atoms with Crippen LogP contribution in [0.15, 0.2) is 62.9 Å². The second-order valence-electron chi connectivity index (χ2n) is 6.40. The third kappa shape index (κ3) is 3.22. The first-order valence-corrected chi connectivity index (χ1v) is 9.77. The van der Waals surface area contributed by atoms with Gasteiger partial charge in [-0.15, -0.1) is 0 Å². The molecule has 26 heavy (non-hydrogen) atoms. The maximum atomic E-state index is 13.2. The molecule has 4 rings (SSSR count). The average molecular weight is 372 g/mol. The minimum atomic E-state index is -3.93. The van der Waals surface area contributed by atoms with Crippen LogP contribution in [0.25, 0.3) is 11.5 Å². The van der Waals surface area contributed by atoms with Gasteiger partial charge in [0.1, 0.15) is 5.82 Å². The zero-order valence-electron chi connectivity index (χ0n) is 14.1. The van der Waals surface area contributed by atoms with Crippen LogP contribution in [0.4, 0.5) is 10.3 Å². The van der Waals surface area contributed by atoms with Gasteiger partial charge < -0.3 is 9.73 Å². The molecule has 1 N–H and O–H groups in total. The number of hydrogen-bond donors (Lipinski definition) is 1. The second-order valence-corrected chi connectivity index (χ2v) is 8.26. The van der Waals surface area contributed by atoms with E-state index in [0.717, 1.165) is 30.5 Å². The van der Waals surface area contributed by atoms with E-state index < -0.39 is 15.7 Å². The first-order valence-electron chi connectivity index (χ1n) is 8.28. The van der Waals surface area contributed by atoms with Gasteiger partial charge in [-0.25, -0.2) is 12.8 Å². The van der Waals surface area contributed by atoms with Crippen LogP contribution >= 0.6 is 0 Å². The number of nitrogens with zero attached hydrogens (tertiary/aromatic N) is 1. The van der Waals surface area contributed by atoms with Crippen LogP contribution in [0.2, 0.25) is 0 Å². The number of aryl methyl sites for hydroxylation is 1. The Morgan fingerprint density at radius 1 is 1.08 bits per heavy atom. The number of rotatable bonds is 5. The van der Waals surface area contributed by atoms with Crippen molar-refractivity contribution >= 4 is 15.7 Å². The summed E-state index contributed by atoms with van der Waals surface area (Å²) in [5.41, 5.74) is 1.77. The summed E-state index contributed by atoms with van der Waals surface area (Å²) in [6.45, 7) is 1.96. The molecule has 0 bridgehead atoms. The standard InChI is InChI=1S/C19H17FN2O3S/c1-12-2-4-13(5-3-12)17-22-19(18(25-17)21-15-8-9-15)26(23,24)16-10-6-14(20)7-11-16/h2-7,10-11,15,21H,8-9H2,1H3. The summed E-state index contributed by atoms with van der Waals surface area (Å²) in [4.78, 5) is 4.22. The monoisotopic (exact) mass is 372 g/mol. The number of benzene rings is 2. The number of anilines is 1. The molecule has 0 amide bonds. The summed E-state index contributed by atoms with van der Waals surface area (Å²) in [5.74, 6) is -0.137. The number of sulfone groups is 1. The maximum absolute atomic E-state index is 13.2. The lowest BCUT2D eigenvalue weighted by atomic mass is 10.1. The largest absolute Gasteiger partial charge is 0.419 e. The van der Waals surface area contributed by atoms with Crippen LogP contribution in [0.5, 0.6) is 0 Å². The highest BCUT2D eigenvalue weighted by Gasteiger charge is 2.32. The van der Waals surface area contributed by atoms with E-state index in [4.69, 9.17) is 4.42 Å². The number of hydrogen-bond acceptors (Lipinski definition) is 5. The summed E-state index contributed by atoms with van der Waals surface area (Å²) in [6, 6.07) is 12.3. The summed E-state index contributed by atoms with van der Waals surface area (Å²) in [6.07, 6.45) is 1.91. The molecule has 2 aromatic carbocycles. The van der Waals surface area contributed by atoms with Crippen molar-refractivity contribution in [2.75, 3.05) is 5.32 Å². The summed E-state index contributed by atoms with van der Waals surface area (Å²) in [5, 5.41) is 2.92. The Hall–Kier alpha value is -2.67. The molecule has 7 heteroatoms. The molecular weight excluding hydrogens is 355 g/mol. The van der Waals surface area contributed by atoms with E-state index in [-0.39, 0.29) is 27.7 Å². The molecule has 134 valence electrons. The maximum Gasteiger partial charge on any atom is 0.234 e. The van der Waals surface area contributed by atoms with Gasteiger partial charge >= 0.3 is 0 Å². The number of halogens is 1. The van der Waals surface area contributed by atoms with Crippen molar-refractivity contribution in [3.63, 3.8) is 0 Å². The number of aromatic nitrogens is 1. The van der Waals surface area contributed by atoms with Gasteiger partial charge in [-0.1, -0.05) is 17.7 Å². The van der Waals surface area contributed by atoms with Crippen molar-refractivity contribution in [3.05, 3.63) is 59.9 Å². The smallest absolute Gasteiger partial charge is 0.234 e. The van der Waals surface area contributed by atoms with Crippen molar-refractivity contribution in [3.8, 4) is 11.5 Å². The highest BCUT2D eigenvalue weighted by molar-refractivity contribution is 7.91. The fourth-order valence-electron chi connectivity index (χ4n) is 2.54. The molecule has 0 aliphatic heterocycles. The topological polar surface area (TPSA) is 72.2 Å².